The Morgan fingerprint density at radius 1 is 1.35 bits per heavy atom. The van der Waals surface area contributed by atoms with Crippen molar-refractivity contribution in [3.05, 3.63) is 18.2 Å². The Morgan fingerprint density at radius 2 is 2.10 bits per heavy atom. The molecule has 1 aromatic rings. The monoisotopic (exact) mass is 469 g/mol. The number of anilines is 1. The van der Waals surface area contributed by atoms with Gasteiger partial charge < -0.3 is 19.7 Å². The predicted molar refractivity (Wildman–Crippen MR) is 117 cm³/mol. The van der Waals surface area contributed by atoms with Crippen LogP contribution in [0.2, 0.25) is 0 Å². The van der Waals surface area contributed by atoms with Gasteiger partial charge in [0.15, 0.2) is 0 Å². The first kappa shape index (κ1) is 22.4. The maximum atomic E-state index is 13.1. The molecule has 1 aromatic carbocycles. The Labute approximate surface area is 186 Å². The van der Waals surface area contributed by atoms with Crippen molar-refractivity contribution in [1.82, 2.24) is 9.21 Å². The molecule has 3 aliphatic heterocycles. The minimum atomic E-state index is -3.73. The molecule has 3 aliphatic rings. The number of ether oxygens (including phenoxy) is 2. The Kier molecular flexibility index (Phi) is 6.21. The van der Waals surface area contributed by atoms with Crippen molar-refractivity contribution in [1.29, 1.82) is 0 Å². The van der Waals surface area contributed by atoms with Crippen LogP contribution >= 0.6 is 11.8 Å². The minimum absolute atomic E-state index is 0.0265. The molecule has 4 rings (SSSR count). The highest BCUT2D eigenvalue weighted by atomic mass is 32.2. The summed E-state index contributed by atoms with van der Waals surface area (Å²) in [4.78, 5) is 26.9. The van der Waals surface area contributed by atoms with Crippen molar-refractivity contribution in [2.75, 3.05) is 44.0 Å². The fourth-order valence-corrected chi connectivity index (χ4v) is 7.08. The zero-order valence-corrected chi connectivity index (χ0v) is 19.3. The molecular formula is C20H27N3O6S2. The number of fused-ring (bicyclic) bond motifs is 1. The van der Waals surface area contributed by atoms with E-state index in [1.54, 1.807) is 22.7 Å². The van der Waals surface area contributed by atoms with Crippen LogP contribution in [0, 0.1) is 0 Å². The number of benzene rings is 1. The number of amides is 2. The van der Waals surface area contributed by atoms with Crippen LogP contribution in [0.1, 0.15) is 26.7 Å². The van der Waals surface area contributed by atoms with Crippen LogP contribution in [-0.4, -0.2) is 79.0 Å². The van der Waals surface area contributed by atoms with Gasteiger partial charge in [0, 0.05) is 25.3 Å². The second-order valence-electron chi connectivity index (χ2n) is 7.86. The molecule has 2 amide bonds. The number of thioether (sulfide) groups is 1. The maximum absolute atomic E-state index is 13.1. The number of morpholine rings is 1. The van der Waals surface area contributed by atoms with Gasteiger partial charge in [-0.15, -0.1) is 11.8 Å². The number of rotatable bonds is 6. The van der Waals surface area contributed by atoms with E-state index in [9.17, 15) is 18.0 Å². The van der Waals surface area contributed by atoms with E-state index in [1.807, 2.05) is 13.8 Å². The van der Waals surface area contributed by atoms with Crippen molar-refractivity contribution in [2.45, 2.75) is 42.5 Å². The molecule has 0 unspecified atom stereocenters. The lowest BCUT2D eigenvalue weighted by Crippen LogP contribution is -2.48. The van der Waals surface area contributed by atoms with Crippen LogP contribution in [0.25, 0.3) is 0 Å². The number of nitrogens with one attached hydrogen (secondary N) is 1. The SMILES string of the molecule is CCOc1ccc(S(=O)(=O)N2CCOCC2)cc1NC(=O)[C@@H]1CS[C@@]2(C)CCC(=O)N12. The summed E-state index contributed by atoms with van der Waals surface area (Å²) in [6, 6.07) is 3.87. The molecule has 0 saturated carbocycles. The van der Waals surface area contributed by atoms with Gasteiger partial charge in [-0.2, -0.15) is 4.31 Å². The van der Waals surface area contributed by atoms with Gasteiger partial charge in [0.05, 0.1) is 35.3 Å². The van der Waals surface area contributed by atoms with E-state index in [4.69, 9.17) is 9.47 Å². The van der Waals surface area contributed by atoms with Gasteiger partial charge in [-0.25, -0.2) is 8.42 Å². The smallest absolute Gasteiger partial charge is 0.248 e. The molecule has 3 fully saturated rings. The third-order valence-corrected chi connectivity index (χ3v) is 9.26. The fourth-order valence-electron chi connectivity index (χ4n) is 4.22. The lowest BCUT2D eigenvalue weighted by atomic mass is 10.2. The third-order valence-electron chi connectivity index (χ3n) is 5.86. The van der Waals surface area contributed by atoms with Crippen molar-refractivity contribution in [3.63, 3.8) is 0 Å². The van der Waals surface area contributed by atoms with E-state index in [0.717, 1.165) is 6.42 Å². The summed E-state index contributed by atoms with van der Waals surface area (Å²) in [7, 11) is -3.73. The highest BCUT2D eigenvalue weighted by Gasteiger charge is 2.53. The topological polar surface area (TPSA) is 105 Å². The summed E-state index contributed by atoms with van der Waals surface area (Å²) in [6.45, 7) is 5.42. The van der Waals surface area contributed by atoms with Crippen molar-refractivity contribution in [3.8, 4) is 5.75 Å². The number of hydrogen-bond donors (Lipinski definition) is 1. The van der Waals surface area contributed by atoms with Gasteiger partial charge in [-0.1, -0.05) is 0 Å². The Bertz CT molecular complexity index is 979. The number of carbonyl (C=O) groups is 2. The second-order valence-corrected chi connectivity index (χ2v) is 11.3. The van der Waals surface area contributed by atoms with Crippen LogP contribution in [-0.2, 0) is 24.3 Å². The van der Waals surface area contributed by atoms with Gasteiger partial charge >= 0.3 is 0 Å². The van der Waals surface area contributed by atoms with Crippen LogP contribution < -0.4 is 10.1 Å². The van der Waals surface area contributed by atoms with E-state index < -0.39 is 16.1 Å². The number of sulfonamides is 1. The van der Waals surface area contributed by atoms with Crippen LogP contribution in [0.5, 0.6) is 5.75 Å². The van der Waals surface area contributed by atoms with Crippen molar-refractivity contribution >= 4 is 39.3 Å². The molecule has 3 heterocycles. The van der Waals surface area contributed by atoms with Crippen LogP contribution in [0.3, 0.4) is 0 Å². The minimum Gasteiger partial charge on any atom is -0.492 e. The first-order valence-corrected chi connectivity index (χ1v) is 12.8. The number of carbonyl (C=O) groups excluding carboxylic acids is 2. The number of nitrogens with zero attached hydrogens (tertiary/aromatic N) is 2. The summed E-state index contributed by atoms with van der Waals surface area (Å²) >= 11 is 1.61. The number of hydrogen-bond acceptors (Lipinski definition) is 7. The van der Waals surface area contributed by atoms with Gasteiger partial charge in [0.2, 0.25) is 21.8 Å². The molecule has 2 atom stereocenters. The molecule has 170 valence electrons. The molecule has 9 nitrogen and oxygen atoms in total. The van der Waals surface area contributed by atoms with Gasteiger partial charge in [0.1, 0.15) is 11.8 Å². The van der Waals surface area contributed by atoms with E-state index in [1.165, 1.54) is 16.4 Å². The standard InChI is InChI=1S/C20H27N3O6S2/c1-3-29-17-5-4-14(31(26,27)22-8-10-28-11-9-22)12-15(17)21-19(25)16-13-30-20(2)7-6-18(24)23(16)20/h4-5,12,16H,3,6-11,13H2,1-2H3,(H,21,25)/t16-,20-/m0/s1. The van der Waals surface area contributed by atoms with Crippen molar-refractivity contribution in [2.24, 2.45) is 0 Å². The Morgan fingerprint density at radius 3 is 2.81 bits per heavy atom. The third kappa shape index (κ3) is 4.15. The summed E-state index contributed by atoms with van der Waals surface area (Å²) in [5.41, 5.74) is 0.284. The van der Waals surface area contributed by atoms with E-state index in [0.29, 0.717) is 37.7 Å². The highest BCUT2D eigenvalue weighted by molar-refractivity contribution is 8.01. The molecule has 11 heteroatoms. The first-order valence-electron chi connectivity index (χ1n) is 10.4. The molecule has 0 bridgehead atoms. The summed E-state index contributed by atoms with van der Waals surface area (Å²) in [5.74, 6) is 0.525. The van der Waals surface area contributed by atoms with Gasteiger partial charge in [-0.05, 0) is 38.5 Å². The van der Waals surface area contributed by atoms with Crippen LogP contribution in [0.4, 0.5) is 5.69 Å². The second kappa shape index (κ2) is 8.61. The molecule has 0 aromatic heterocycles. The van der Waals surface area contributed by atoms with E-state index in [2.05, 4.69) is 5.32 Å². The molecule has 0 radical (unpaired) electrons. The Hall–Kier alpha value is -1.82. The molecule has 3 saturated heterocycles. The molecule has 0 aliphatic carbocycles. The highest BCUT2D eigenvalue weighted by Crippen LogP contribution is 2.47. The lowest BCUT2D eigenvalue weighted by molar-refractivity contribution is -0.135. The summed E-state index contributed by atoms with van der Waals surface area (Å²) < 4.78 is 38.3. The first-order chi connectivity index (χ1) is 14.8. The van der Waals surface area contributed by atoms with Crippen LogP contribution in [0.15, 0.2) is 23.1 Å². The van der Waals surface area contributed by atoms with Gasteiger partial charge in [-0.3, -0.25) is 9.59 Å². The lowest BCUT2D eigenvalue weighted by Gasteiger charge is -2.30. The zero-order valence-electron chi connectivity index (χ0n) is 17.6. The van der Waals surface area contributed by atoms with E-state index in [-0.39, 0.29) is 40.4 Å². The summed E-state index contributed by atoms with van der Waals surface area (Å²) in [5, 5.41) is 2.82. The maximum Gasteiger partial charge on any atom is 0.248 e. The molecular weight excluding hydrogens is 442 g/mol. The normalized spacial score (nSPS) is 26.7. The predicted octanol–water partition coefficient (Wildman–Crippen LogP) is 1.50. The summed E-state index contributed by atoms with van der Waals surface area (Å²) in [6.07, 6.45) is 1.16. The average molecular weight is 470 g/mol. The molecule has 0 spiro atoms. The zero-order chi connectivity index (χ0) is 22.2. The quantitative estimate of drug-likeness (QED) is 0.673. The molecule has 31 heavy (non-hydrogen) atoms. The fraction of sp³-hybridized carbons (Fsp3) is 0.600. The van der Waals surface area contributed by atoms with Crippen molar-refractivity contribution < 1.29 is 27.5 Å². The van der Waals surface area contributed by atoms with E-state index >= 15 is 0 Å². The van der Waals surface area contributed by atoms with Gasteiger partial charge in [0.25, 0.3) is 0 Å². The average Bonchev–Trinajstić information content (AvgIpc) is 3.25. The molecule has 1 N–H and O–H groups in total. The Balaban J connectivity index is 1.60. The largest absolute Gasteiger partial charge is 0.492 e.